The number of aromatic nitrogens is 3. The van der Waals surface area contributed by atoms with E-state index in [1.165, 1.54) is 31.4 Å². The Labute approximate surface area is 214 Å². The lowest BCUT2D eigenvalue weighted by Gasteiger charge is -2.17. The summed E-state index contributed by atoms with van der Waals surface area (Å²) in [6.45, 7) is 1.34. The van der Waals surface area contributed by atoms with Crippen LogP contribution in [-0.2, 0) is 11.3 Å². The van der Waals surface area contributed by atoms with Crippen molar-refractivity contribution in [3.05, 3.63) is 96.1 Å². The van der Waals surface area contributed by atoms with Crippen LogP contribution in [0.2, 0.25) is 0 Å². The van der Waals surface area contributed by atoms with Crippen molar-refractivity contribution in [1.29, 1.82) is 0 Å². The Kier molecular flexibility index (Phi) is 7.69. The quantitative estimate of drug-likeness (QED) is 0.278. The van der Waals surface area contributed by atoms with E-state index in [9.17, 15) is 9.18 Å². The summed E-state index contributed by atoms with van der Waals surface area (Å²) in [5.41, 5.74) is 2.97. The fraction of sp³-hybridized carbons (Fsp3) is 0.286. The van der Waals surface area contributed by atoms with Gasteiger partial charge in [-0.15, -0.1) is 0 Å². The maximum Gasteiger partial charge on any atom is 0.407 e. The van der Waals surface area contributed by atoms with E-state index >= 15 is 0 Å². The van der Waals surface area contributed by atoms with E-state index in [0.717, 1.165) is 23.4 Å². The van der Waals surface area contributed by atoms with Crippen LogP contribution in [0, 0.1) is 11.7 Å². The van der Waals surface area contributed by atoms with Crippen molar-refractivity contribution >= 4 is 12.0 Å². The molecule has 1 aliphatic rings. The number of anilines is 1. The number of carbonyl (C=O) groups excluding carboxylic acids is 1. The lowest BCUT2D eigenvalue weighted by molar-refractivity contribution is 0.139. The highest BCUT2D eigenvalue weighted by atomic mass is 19.1. The Bertz CT molecular complexity index is 1310. The monoisotopic (exact) mass is 501 g/mol. The summed E-state index contributed by atoms with van der Waals surface area (Å²) >= 11 is 0. The first-order valence-corrected chi connectivity index (χ1v) is 12.4. The van der Waals surface area contributed by atoms with Crippen LogP contribution in [0.1, 0.15) is 42.2 Å². The van der Waals surface area contributed by atoms with Crippen LogP contribution in [-0.4, -0.2) is 34.1 Å². The zero-order chi connectivity index (χ0) is 25.5. The molecule has 1 atom stereocenters. The predicted octanol–water partition coefficient (Wildman–Crippen LogP) is 5.54. The van der Waals surface area contributed by atoms with Crippen molar-refractivity contribution in [2.24, 2.45) is 5.92 Å². The molecule has 2 heterocycles. The van der Waals surface area contributed by atoms with Gasteiger partial charge in [-0.1, -0.05) is 30.3 Å². The minimum absolute atomic E-state index is 0.189. The molecule has 0 aliphatic heterocycles. The SMILES string of the molecule is O=C(NCCC(c1ccnc(NCC2CC2)n1)c1ocnc1-c1ccc(F)cc1)OCc1ccccc1. The average molecular weight is 502 g/mol. The molecule has 37 heavy (non-hydrogen) atoms. The van der Waals surface area contributed by atoms with Crippen LogP contribution in [0.4, 0.5) is 15.1 Å². The summed E-state index contributed by atoms with van der Waals surface area (Å²) in [5.74, 6) is 1.14. The standard InChI is InChI=1S/C28H28FN5O3/c29-22-10-8-21(9-11-22)25-26(37-18-33-25)23(24-13-15-30-27(34-24)32-16-19-6-7-19)12-14-31-28(35)36-17-20-4-2-1-3-5-20/h1-5,8-11,13,15,18-19,23H,6-7,12,14,16-17H2,(H,31,35)(H,30,32,34). The van der Waals surface area contributed by atoms with Gasteiger partial charge in [-0.3, -0.25) is 0 Å². The minimum Gasteiger partial charge on any atom is -0.447 e. The van der Waals surface area contributed by atoms with Gasteiger partial charge in [0.2, 0.25) is 5.95 Å². The fourth-order valence-electron chi connectivity index (χ4n) is 4.04. The molecule has 0 spiro atoms. The van der Waals surface area contributed by atoms with Gasteiger partial charge >= 0.3 is 6.09 Å². The first kappa shape index (κ1) is 24.4. The predicted molar refractivity (Wildman–Crippen MR) is 136 cm³/mol. The van der Waals surface area contributed by atoms with E-state index in [4.69, 9.17) is 14.1 Å². The second-order valence-corrected chi connectivity index (χ2v) is 9.03. The molecule has 1 saturated carbocycles. The van der Waals surface area contributed by atoms with Gasteiger partial charge in [0.05, 0.1) is 11.6 Å². The third-order valence-corrected chi connectivity index (χ3v) is 6.22. The highest BCUT2D eigenvalue weighted by molar-refractivity contribution is 5.67. The molecule has 0 saturated heterocycles. The molecule has 0 radical (unpaired) electrons. The number of alkyl carbamates (subject to hydrolysis) is 1. The molecule has 8 nitrogen and oxygen atoms in total. The number of oxazole rings is 1. The maximum absolute atomic E-state index is 13.5. The summed E-state index contributed by atoms with van der Waals surface area (Å²) in [6, 6.07) is 17.4. The number of amides is 1. The first-order valence-electron chi connectivity index (χ1n) is 12.4. The molecule has 2 N–H and O–H groups in total. The molecule has 190 valence electrons. The Morgan fingerprint density at radius 1 is 1.08 bits per heavy atom. The van der Waals surface area contributed by atoms with E-state index in [2.05, 4.69) is 20.6 Å². The van der Waals surface area contributed by atoms with Crippen molar-refractivity contribution in [2.45, 2.75) is 31.8 Å². The summed E-state index contributed by atoms with van der Waals surface area (Å²) in [6.07, 6.45) is 5.49. The zero-order valence-corrected chi connectivity index (χ0v) is 20.3. The molecule has 9 heteroatoms. The van der Waals surface area contributed by atoms with Crippen molar-refractivity contribution in [1.82, 2.24) is 20.3 Å². The van der Waals surface area contributed by atoms with Gasteiger partial charge < -0.3 is 19.8 Å². The van der Waals surface area contributed by atoms with Crippen molar-refractivity contribution in [3.63, 3.8) is 0 Å². The van der Waals surface area contributed by atoms with E-state index in [0.29, 0.717) is 36.3 Å². The number of ether oxygens (including phenoxy) is 1. The lowest BCUT2D eigenvalue weighted by Crippen LogP contribution is -2.26. The Morgan fingerprint density at radius 3 is 2.68 bits per heavy atom. The number of nitrogens with one attached hydrogen (secondary N) is 2. The number of hydrogen-bond donors (Lipinski definition) is 2. The molecule has 1 unspecified atom stereocenters. The maximum atomic E-state index is 13.5. The fourth-order valence-corrected chi connectivity index (χ4v) is 4.04. The smallest absolute Gasteiger partial charge is 0.407 e. The average Bonchev–Trinajstić information content (AvgIpc) is 3.64. The van der Waals surface area contributed by atoms with Gasteiger partial charge in [0.15, 0.2) is 6.39 Å². The van der Waals surface area contributed by atoms with Crippen LogP contribution < -0.4 is 10.6 Å². The number of hydrogen-bond acceptors (Lipinski definition) is 7. The van der Waals surface area contributed by atoms with Crippen molar-refractivity contribution < 1.29 is 18.3 Å². The molecule has 1 amide bonds. The molecule has 0 bridgehead atoms. The molecule has 1 fully saturated rings. The van der Waals surface area contributed by atoms with Gasteiger partial charge in [0.25, 0.3) is 0 Å². The Morgan fingerprint density at radius 2 is 1.89 bits per heavy atom. The van der Waals surface area contributed by atoms with Gasteiger partial charge in [0, 0.05) is 24.8 Å². The summed E-state index contributed by atoms with van der Waals surface area (Å²) in [4.78, 5) is 25.8. The Balaban J connectivity index is 1.31. The molecular weight excluding hydrogens is 473 g/mol. The van der Waals surface area contributed by atoms with E-state index in [-0.39, 0.29) is 18.3 Å². The van der Waals surface area contributed by atoms with E-state index in [1.54, 1.807) is 18.3 Å². The normalized spacial score (nSPS) is 13.6. The molecular formula is C28H28FN5O3. The highest BCUT2D eigenvalue weighted by Gasteiger charge is 2.26. The van der Waals surface area contributed by atoms with Crippen molar-refractivity contribution in [2.75, 3.05) is 18.4 Å². The van der Waals surface area contributed by atoms with Gasteiger partial charge in [-0.2, -0.15) is 0 Å². The van der Waals surface area contributed by atoms with Gasteiger partial charge in [0.1, 0.15) is 23.9 Å². The van der Waals surface area contributed by atoms with Crippen molar-refractivity contribution in [3.8, 4) is 11.3 Å². The molecule has 1 aliphatic carbocycles. The highest BCUT2D eigenvalue weighted by Crippen LogP contribution is 2.34. The van der Waals surface area contributed by atoms with Crippen LogP contribution in [0.3, 0.4) is 0 Å². The minimum atomic E-state index is -0.506. The zero-order valence-electron chi connectivity index (χ0n) is 20.3. The second kappa shape index (κ2) is 11.6. The summed E-state index contributed by atoms with van der Waals surface area (Å²) in [5, 5.41) is 6.12. The Hall–Kier alpha value is -4.27. The topological polar surface area (TPSA) is 102 Å². The molecule has 2 aromatic carbocycles. The van der Waals surface area contributed by atoms with Crippen LogP contribution in [0.5, 0.6) is 0 Å². The molecule has 2 aromatic heterocycles. The number of halogens is 1. The number of benzene rings is 2. The van der Waals surface area contributed by atoms with Crippen LogP contribution in [0.15, 0.2) is 77.7 Å². The number of carbonyl (C=O) groups is 1. The third kappa shape index (κ3) is 6.69. The van der Waals surface area contributed by atoms with Crippen LogP contribution in [0.25, 0.3) is 11.3 Å². The molecule has 4 aromatic rings. The van der Waals surface area contributed by atoms with Gasteiger partial charge in [-0.05, 0) is 61.1 Å². The van der Waals surface area contributed by atoms with E-state index < -0.39 is 6.09 Å². The van der Waals surface area contributed by atoms with Gasteiger partial charge in [-0.25, -0.2) is 24.1 Å². The number of rotatable bonds is 11. The number of nitrogens with zero attached hydrogens (tertiary/aromatic N) is 3. The third-order valence-electron chi connectivity index (χ3n) is 6.22. The lowest BCUT2D eigenvalue weighted by atomic mass is 9.94. The van der Waals surface area contributed by atoms with E-state index in [1.807, 2.05) is 36.4 Å². The second-order valence-electron chi connectivity index (χ2n) is 9.03. The summed E-state index contributed by atoms with van der Waals surface area (Å²) in [7, 11) is 0. The molecule has 5 rings (SSSR count). The van der Waals surface area contributed by atoms with Crippen LogP contribution >= 0.6 is 0 Å². The first-order chi connectivity index (χ1) is 18.2. The largest absolute Gasteiger partial charge is 0.447 e. The summed E-state index contributed by atoms with van der Waals surface area (Å²) < 4.78 is 24.7.